The molecule has 0 spiro atoms. The van der Waals surface area contributed by atoms with Gasteiger partial charge in [-0.1, -0.05) is 0 Å². The van der Waals surface area contributed by atoms with Gasteiger partial charge in [0.25, 0.3) is 0 Å². The van der Waals surface area contributed by atoms with E-state index in [2.05, 4.69) is 0 Å². The minimum atomic E-state index is 0.345. The molecule has 5 heavy (non-hydrogen) atoms. The van der Waals surface area contributed by atoms with Gasteiger partial charge < -0.3 is 0 Å². The van der Waals surface area contributed by atoms with Gasteiger partial charge in [0.2, 0.25) is 0 Å². The van der Waals surface area contributed by atoms with E-state index in [1.54, 1.807) is 0 Å². The van der Waals surface area contributed by atoms with Gasteiger partial charge in [-0.3, -0.25) is 0 Å². The Kier molecular flexibility index (Phi) is 3.08. The van der Waals surface area contributed by atoms with Gasteiger partial charge in [-0.15, -0.1) is 0 Å². The van der Waals surface area contributed by atoms with Crippen LogP contribution in [0.15, 0.2) is 0 Å². The molecule has 0 radical (unpaired) electrons. The molecule has 0 aromatic rings. The maximum atomic E-state index is 9.85. The Bertz CT molecular complexity index is 42.2. The van der Waals surface area contributed by atoms with E-state index in [1.807, 2.05) is 6.92 Å². The molecule has 0 aromatic heterocycles. The molecule has 0 rings (SSSR count). The molecule has 2 heteroatoms. The standard InChI is InChI=1S/C3H5O.Zr/c1-2-3-4;/h2H2,1H3;. The normalized spacial score (nSPS) is 7.20. The monoisotopic (exact) mass is 147 g/mol. The molecule has 0 aliphatic rings. The zero-order chi connectivity index (χ0) is 4.28. The Hall–Kier alpha value is 0.553. The van der Waals surface area contributed by atoms with Crippen LogP contribution in [0.3, 0.4) is 0 Å². The first-order chi connectivity index (χ1) is 2.27. The maximum absolute atomic E-state index is 9.85. The second kappa shape index (κ2) is 2.77. The summed E-state index contributed by atoms with van der Waals surface area (Å²) in [6.45, 7) is 1.87. The zero-order valence-corrected chi connectivity index (χ0v) is 5.57. The van der Waals surface area contributed by atoms with Crippen molar-refractivity contribution in [3.05, 3.63) is 0 Å². The summed E-state index contributed by atoms with van der Waals surface area (Å²) in [7, 11) is 0. The summed E-state index contributed by atoms with van der Waals surface area (Å²) < 4.78 is 0.345. The van der Waals surface area contributed by atoms with E-state index in [-0.39, 0.29) is 0 Å². The van der Waals surface area contributed by atoms with E-state index in [1.165, 1.54) is 0 Å². The third-order valence-corrected chi connectivity index (χ3v) is 1.19. The second-order valence-electron chi connectivity index (χ2n) is 0.777. The fraction of sp³-hybridized carbons (Fsp3) is 0.667. The first-order valence-electron chi connectivity index (χ1n) is 1.51. The van der Waals surface area contributed by atoms with E-state index in [4.69, 9.17) is 0 Å². The van der Waals surface area contributed by atoms with Crippen molar-refractivity contribution in [2.24, 2.45) is 0 Å². The third-order valence-electron chi connectivity index (χ3n) is 0.321. The number of rotatable bonds is 1. The van der Waals surface area contributed by atoms with Crippen LogP contribution in [0.1, 0.15) is 13.3 Å². The van der Waals surface area contributed by atoms with E-state index in [0.29, 0.717) is 9.91 Å². The quantitative estimate of drug-likeness (QED) is 0.528. The van der Waals surface area contributed by atoms with Gasteiger partial charge in [0.1, 0.15) is 0 Å². The molecule has 0 aliphatic carbocycles. The number of hydrogen-bond acceptors (Lipinski definition) is 1. The average Bonchev–Trinajstić information content (AvgIpc) is 1.38. The molecule has 0 bridgehead atoms. The molecule has 0 saturated heterocycles. The van der Waals surface area contributed by atoms with Crippen LogP contribution >= 0.6 is 0 Å². The Labute approximate surface area is 46.6 Å². The molecular formula is C3H5OZr. The molecule has 0 atom stereocenters. The predicted octanol–water partition coefficient (Wildman–Crippen LogP) is 0.470. The van der Waals surface area contributed by atoms with E-state index >= 15 is 0 Å². The predicted molar refractivity (Wildman–Crippen MR) is 15.3 cm³/mol. The molecule has 0 unspecified atom stereocenters. The Morgan fingerprint density at radius 2 is 2.20 bits per heavy atom. The number of carbonyl (C=O) groups excluding carboxylic acids is 1. The third kappa shape index (κ3) is 4.55. The molecule has 0 saturated carbocycles. The topological polar surface area (TPSA) is 17.1 Å². The molecule has 1 nitrogen and oxygen atoms in total. The molecular weight excluding hydrogens is 143 g/mol. The molecule has 0 fully saturated rings. The van der Waals surface area contributed by atoms with Crippen molar-refractivity contribution < 1.29 is 29.5 Å². The van der Waals surface area contributed by atoms with Crippen molar-refractivity contribution >= 4 is 3.49 Å². The number of carbonyl (C=O) groups is 1. The van der Waals surface area contributed by atoms with Gasteiger partial charge in [0.05, 0.1) is 0 Å². The van der Waals surface area contributed by atoms with Crippen LogP contribution in [-0.2, 0) is 29.5 Å². The molecule has 27 valence electrons. The van der Waals surface area contributed by atoms with Crippen molar-refractivity contribution in [1.29, 1.82) is 0 Å². The summed E-state index contributed by atoms with van der Waals surface area (Å²) >= 11 is 1.03. The first kappa shape index (κ1) is 5.55. The van der Waals surface area contributed by atoms with E-state index < -0.39 is 0 Å². The average molecular weight is 148 g/mol. The summed E-state index contributed by atoms with van der Waals surface area (Å²) in [5, 5.41) is 0. The van der Waals surface area contributed by atoms with Gasteiger partial charge in [-0.2, -0.15) is 0 Å². The van der Waals surface area contributed by atoms with Gasteiger partial charge in [-0.25, -0.2) is 0 Å². The fourth-order valence-electron chi connectivity index (χ4n) is 0. The van der Waals surface area contributed by atoms with Crippen LogP contribution in [0.5, 0.6) is 0 Å². The van der Waals surface area contributed by atoms with E-state index in [9.17, 15) is 4.79 Å². The van der Waals surface area contributed by atoms with Crippen molar-refractivity contribution in [3.63, 3.8) is 0 Å². The SMILES string of the molecule is CC[C](=O)[Zr]. The van der Waals surface area contributed by atoms with Crippen molar-refractivity contribution in [1.82, 2.24) is 0 Å². The van der Waals surface area contributed by atoms with E-state index in [0.717, 1.165) is 24.7 Å². The molecule has 0 amide bonds. The summed E-state index contributed by atoms with van der Waals surface area (Å²) in [5.41, 5.74) is 0. The molecule has 0 aliphatic heterocycles. The van der Waals surface area contributed by atoms with Gasteiger partial charge in [0.15, 0.2) is 0 Å². The molecule has 0 heterocycles. The van der Waals surface area contributed by atoms with Crippen LogP contribution in [0.4, 0.5) is 0 Å². The zero-order valence-electron chi connectivity index (χ0n) is 3.12. The first-order valence-corrected chi connectivity index (χ1v) is 2.74. The van der Waals surface area contributed by atoms with Gasteiger partial charge in [-0.05, 0) is 0 Å². The molecule has 0 aromatic carbocycles. The van der Waals surface area contributed by atoms with Crippen LogP contribution in [0, 0.1) is 0 Å². The fourth-order valence-corrected chi connectivity index (χ4v) is 0. The van der Waals surface area contributed by atoms with Crippen LogP contribution in [0.25, 0.3) is 0 Å². The summed E-state index contributed by atoms with van der Waals surface area (Å²) in [6.07, 6.45) is 0.707. The van der Waals surface area contributed by atoms with Crippen LogP contribution in [0.2, 0.25) is 0 Å². The molecule has 0 N–H and O–H groups in total. The van der Waals surface area contributed by atoms with Gasteiger partial charge in [0, 0.05) is 0 Å². The van der Waals surface area contributed by atoms with Crippen molar-refractivity contribution in [3.8, 4) is 0 Å². The second-order valence-corrected chi connectivity index (χ2v) is 2.15. The van der Waals surface area contributed by atoms with Crippen molar-refractivity contribution in [2.45, 2.75) is 13.3 Å². The number of hydrogen-bond donors (Lipinski definition) is 0. The van der Waals surface area contributed by atoms with Crippen LogP contribution in [-0.4, -0.2) is 3.49 Å². The Balaban J connectivity index is 2.85. The van der Waals surface area contributed by atoms with Crippen molar-refractivity contribution in [2.75, 3.05) is 0 Å². The summed E-state index contributed by atoms with van der Waals surface area (Å²) in [5.74, 6) is 0. The Morgan fingerprint density at radius 3 is 2.20 bits per heavy atom. The van der Waals surface area contributed by atoms with Crippen LogP contribution < -0.4 is 0 Å². The Morgan fingerprint density at radius 1 is 2.00 bits per heavy atom. The summed E-state index contributed by atoms with van der Waals surface area (Å²) in [6, 6.07) is 0. The minimum absolute atomic E-state index is 0.345. The van der Waals surface area contributed by atoms with Gasteiger partial charge >= 0.3 is 46.3 Å². The summed E-state index contributed by atoms with van der Waals surface area (Å²) in [4.78, 5) is 9.85.